The molecule has 5 heteroatoms. The van der Waals surface area contributed by atoms with E-state index in [4.69, 9.17) is 0 Å². The van der Waals surface area contributed by atoms with Gasteiger partial charge in [0.25, 0.3) is 0 Å². The zero-order valence-corrected chi connectivity index (χ0v) is 12.5. The summed E-state index contributed by atoms with van der Waals surface area (Å²) in [5.41, 5.74) is 1.51. The number of nitrogens with zero attached hydrogens (tertiary/aromatic N) is 3. The van der Waals surface area contributed by atoms with E-state index in [1.165, 1.54) is 6.33 Å². The highest BCUT2D eigenvalue weighted by Crippen LogP contribution is 2.39. The summed E-state index contributed by atoms with van der Waals surface area (Å²) in [4.78, 5) is 12.6. The van der Waals surface area contributed by atoms with Gasteiger partial charge in [0.2, 0.25) is 0 Å². The molecule has 0 spiro atoms. The minimum absolute atomic E-state index is 0.0493. The molecule has 0 fully saturated rings. The van der Waals surface area contributed by atoms with Crippen molar-refractivity contribution in [1.29, 1.82) is 0 Å². The van der Waals surface area contributed by atoms with Crippen LogP contribution in [0.15, 0.2) is 41.5 Å². The van der Waals surface area contributed by atoms with Gasteiger partial charge < -0.3 is 5.11 Å². The van der Waals surface area contributed by atoms with Crippen molar-refractivity contribution in [1.82, 2.24) is 15.0 Å². The molecule has 0 radical (unpaired) electrons. The second-order valence-corrected chi connectivity index (χ2v) is 6.07. The van der Waals surface area contributed by atoms with E-state index >= 15 is 0 Å². The van der Waals surface area contributed by atoms with Gasteiger partial charge in [0, 0.05) is 46.7 Å². The van der Waals surface area contributed by atoms with Crippen molar-refractivity contribution in [3.05, 3.63) is 52.8 Å². The molecule has 0 saturated carbocycles. The molecule has 1 unspecified atom stereocenters. The third kappa shape index (κ3) is 3.16. The number of rotatable bonds is 4. The summed E-state index contributed by atoms with van der Waals surface area (Å²) in [7, 11) is 0. The van der Waals surface area contributed by atoms with Gasteiger partial charge in [0.05, 0.1) is 0 Å². The van der Waals surface area contributed by atoms with E-state index in [0.717, 1.165) is 15.7 Å². The molecule has 0 aliphatic heterocycles. The standard InChI is InChI=1S/C14H16BrN3O/c1-14(2,8-19)13(10-5-16-9-17-6-10)12-4-3-11(15)7-18-12/h3-7,9,13,19H,8H2,1-2H3. The van der Waals surface area contributed by atoms with Gasteiger partial charge in [-0.15, -0.1) is 0 Å². The molecule has 0 bridgehead atoms. The van der Waals surface area contributed by atoms with Crippen LogP contribution in [0.5, 0.6) is 0 Å². The molecule has 19 heavy (non-hydrogen) atoms. The quantitative estimate of drug-likeness (QED) is 0.940. The first kappa shape index (κ1) is 14.1. The topological polar surface area (TPSA) is 58.9 Å². The van der Waals surface area contributed by atoms with E-state index in [1.807, 2.05) is 26.0 Å². The number of aliphatic hydroxyl groups excluding tert-OH is 1. The Morgan fingerprint density at radius 3 is 2.42 bits per heavy atom. The van der Waals surface area contributed by atoms with Gasteiger partial charge in [0.15, 0.2) is 0 Å². The first-order valence-corrected chi connectivity index (χ1v) is 6.81. The van der Waals surface area contributed by atoms with Crippen LogP contribution in [0.25, 0.3) is 0 Å². The maximum Gasteiger partial charge on any atom is 0.115 e. The third-order valence-corrected chi connectivity index (χ3v) is 3.62. The Morgan fingerprint density at radius 2 is 1.89 bits per heavy atom. The lowest BCUT2D eigenvalue weighted by Crippen LogP contribution is -2.28. The normalized spacial score (nSPS) is 13.3. The van der Waals surface area contributed by atoms with Crippen LogP contribution in [-0.2, 0) is 0 Å². The van der Waals surface area contributed by atoms with Gasteiger partial charge in [-0.25, -0.2) is 9.97 Å². The molecule has 2 heterocycles. The van der Waals surface area contributed by atoms with E-state index in [-0.39, 0.29) is 17.9 Å². The Bertz CT molecular complexity index is 528. The van der Waals surface area contributed by atoms with E-state index in [9.17, 15) is 5.11 Å². The Labute approximate surface area is 121 Å². The highest BCUT2D eigenvalue weighted by atomic mass is 79.9. The number of aliphatic hydroxyl groups is 1. The number of pyridine rings is 1. The molecule has 1 atom stereocenters. The van der Waals surface area contributed by atoms with Crippen LogP contribution in [0.3, 0.4) is 0 Å². The zero-order valence-electron chi connectivity index (χ0n) is 10.9. The second-order valence-electron chi connectivity index (χ2n) is 5.15. The average Bonchev–Trinajstić information content (AvgIpc) is 2.42. The molecule has 0 aliphatic carbocycles. The Hall–Kier alpha value is -1.33. The highest BCUT2D eigenvalue weighted by Gasteiger charge is 2.33. The summed E-state index contributed by atoms with van der Waals surface area (Å²) < 4.78 is 0.932. The summed E-state index contributed by atoms with van der Waals surface area (Å²) in [6.45, 7) is 4.08. The molecule has 2 aromatic rings. The zero-order chi connectivity index (χ0) is 13.9. The van der Waals surface area contributed by atoms with Gasteiger partial charge in [-0.1, -0.05) is 13.8 Å². The monoisotopic (exact) mass is 321 g/mol. The van der Waals surface area contributed by atoms with Gasteiger partial charge in [-0.2, -0.15) is 0 Å². The summed E-state index contributed by atoms with van der Waals surface area (Å²) >= 11 is 3.38. The lowest BCUT2D eigenvalue weighted by Gasteiger charge is -2.32. The van der Waals surface area contributed by atoms with Crippen LogP contribution in [0.1, 0.15) is 31.0 Å². The molecular formula is C14H16BrN3O. The van der Waals surface area contributed by atoms with Crippen LogP contribution in [-0.4, -0.2) is 26.7 Å². The van der Waals surface area contributed by atoms with Crippen molar-refractivity contribution >= 4 is 15.9 Å². The molecule has 2 aromatic heterocycles. The Balaban J connectivity index is 2.49. The fraction of sp³-hybridized carbons (Fsp3) is 0.357. The molecule has 2 rings (SSSR count). The maximum absolute atomic E-state index is 9.66. The molecule has 0 amide bonds. The van der Waals surface area contributed by atoms with Crippen LogP contribution in [0.2, 0.25) is 0 Å². The van der Waals surface area contributed by atoms with Crippen molar-refractivity contribution in [3.63, 3.8) is 0 Å². The summed E-state index contributed by atoms with van der Waals surface area (Å²) in [5.74, 6) is -0.0493. The predicted octanol–water partition coefficient (Wildman–Crippen LogP) is 2.78. The van der Waals surface area contributed by atoms with E-state index < -0.39 is 0 Å². The van der Waals surface area contributed by atoms with Gasteiger partial charge in [0.1, 0.15) is 6.33 Å². The second kappa shape index (κ2) is 5.75. The fourth-order valence-corrected chi connectivity index (χ4v) is 2.37. The lowest BCUT2D eigenvalue weighted by atomic mass is 9.74. The van der Waals surface area contributed by atoms with Crippen LogP contribution >= 0.6 is 15.9 Å². The molecular weight excluding hydrogens is 306 g/mol. The first-order chi connectivity index (χ1) is 9.04. The molecule has 0 saturated heterocycles. The average molecular weight is 322 g/mol. The van der Waals surface area contributed by atoms with Crippen molar-refractivity contribution in [2.45, 2.75) is 19.8 Å². The third-order valence-electron chi connectivity index (χ3n) is 3.15. The van der Waals surface area contributed by atoms with Crippen molar-refractivity contribution in [2.24, 2.45) is 5.41 Å². The first-order valence-electron chi connectivity index (χ1n) is 6.02. The Morgan fingerprint density at radius 1 is 1.21 bits per heavy atom. The molecule has 1 N–H and O–H groups in total. The van der Waals surface area contributed by atoms with E-state index in [2.05, 4.69) is 30.9 Å². The van der Waals surface area contributed by atoms with Crippen molar-refractivity contribution in [2.75, 3.05) is 6.61 Å². The van der Waals surface area contributed by atoms with Gasteiger partial charge in [-0.3, -0.25) is 4.98 Å². The van der Waals surface area contributed by atoms with Crippen molar-refractivity contribution < 1.29 is 5.11 Å². The largest absolute Gasteiger partial charge is 0.396 e. The Kier molecular flexibility index (Phi) is 4.27. The minimum Gasteiger partial charge on any atom is -0.396 e. The van der Waals surface area contributed by atoms with Gasteiger partial charge in [-0.05, 0) is 33.6 Å². The van der Waals surface area contributed by atoms with E-state index in [0.29, 0.717) is 0 Å². The molecule has 0 aromatic carbocycles. The number of hydrogen-bond donors (Lipinski definition) is 1. The predicted molar refractivity (Wildman–Crippen MR) is 76.7 cm³/mol. The number of hydrogen-bond acceptors (Lipinski definition) is 4. The number of halogens is 1. The van der Waals surface area contributed by atoms with E-state index in [1.54, 1.807) is 18.6 Å². The van der Waals surface area contributed by atoms with Crippen molar-refractivity contribution in [3.8, 4) is 0 Å². The smallest absolute Gasteiger partial charge is 0.115 e. The molecule has 4 nitrogen and oxygen atoms in total. The molecule has 100 valence electrons. The highest BCUT2D eigenvalue weighted by molar-refractivity contribution is 9.10. The number of aromatic nitrogens is 3. The van der Waals surface area contributed by atoms with Gasteiger partial charge >= 0.3 is 0 Å². The molecule has 0 aliphatic rings. The summed E-state index contributed by atoms with van der Waals surface area (Å²) in [6, 6.07) is 3.91. The fourth-order valence-electron chi connectivity index (χ4n) is 2.13. The summed E-state index contributed by atoms with van der Waals surface area (Å²) in [5, 5.41) is 9.66. The minimum atomic E-state index is -0.342. The summed E-state index contributed by atoms with van der Waals surface area (Å²) in [6.07, 6.45) is 6.82. The SMILES string of the molecule is CC(C)(CO)C(c1cncnc1)c1ccc(Br)cn1. The van der Waals surface area contributed by atoms with Crippen LogP contribution in [0, 0.1) is 5.41 Å². The lowest BCUT2D eigenvalue weighted by molar-refractivity contribution is 0.141. The van der Waals surface area contributed by atoms with Crippen LogP contribution < -0.4 is 0 Å². The maximum atomic E-state index is 9.66. The van der Waals surface area contributed by atoms with Crippen LogP contribution in [0.4, 0.5) is 0 Å².